The molecule has 0 aromatic rings. The van der Waals surface area contributed by atoms with Crippen LogP contribution in [0.5, 0.6) is 0 Å². The summed E-state index contributed by atoms with van der Waals surface area (Å²) in [4.78, 5) is 13.2. The molecule has 0 spiro atoms. The molecule has 0 bridgehead atoms. The number of hydrogen-bond donors (Lipinski definition) is 0. The second-order valence-electron chi connectivity index (χ2n) is 5.40. The Labute approximate surface area is 139 Å². The summed E-state index contributed by atoms with van der Waals surface area (Å²) in [5.74, 6) is -0.201. The molecule has 1 saturated heterocycles. The molecule has 0 aliphatic carbocycles. The molecular weight excluding hydrogens is 298 g/mol. The van der Waals surface area contributed by atoms with Crippen LogP contribution < -0.4 is 0 Å². The summed E-state index contributed by atoms with van der Waals surface area (Å²) in [7, 11) is 1.66. The summed E-state index contributed by atoms with van der Waals surface area (Å²) < 4.78 is 21.4. The first-order chi connectivity index (χ1) is 11.1. The molecule has 132 valence electrons. The number of ether oxygens (including phenoxy) is 4. The largest absolute Gasteiger partial charge is 0.463 e. The van der Waals surface area contributed by atoms with E-state index in [0.717, 1.165) is 5.57 Å². The van der Waals surface area contributed by atoms with E-state index in [1.165, 1.54) is 0 Å². The monoisotopic (exact) mass is 327 g/mol. The summed E-state index contributed by atoms with van der Waals surface area (Å²) in [5.41, 5.74) is 1.03. The molecule has 0 N–H and O–H groups in total. The van der Waals surface area contributed by atoms with Crippen molar-refractivity contribution in [2.45, 2.75) is 33.0 Å². The number of morpholine rings is 1. The van der Waals surface area contributed by atoms with Gasteiger partial charge < -0.3 is 18.9 Å². The van der Waals surface area contributed by atoms with Gasteiger partial charge in [0, 0.05) is 20.3 Å². The zero-order valence-corrected chi connectivity index (χ0v) is 14.6. The second-order valence-corrected chi connectivity index (χ2v) is 5.40. The summed E-state index contributed by atoms with van der Waals surface area (Å²) in [6, 6.07) is 0. The number of carbonyl (C=O) groups excluding carboxylic acids is 1. The van der Waals surface area contributed by atoms with Gasteiger partial charge in [-0.1, -0.05) is 18.2 Å². The highest BCUT2D eigenvalue weighted by Gasteiger charge is 2.19. The van der Waals surface area contributed by atoms with Crippen molar-refractivity contribution in [3.05, 3.63) is 23.8 Å². The zero-order valence-electron chi connectivity index (χ0n) is 14.6. The molecule has 0 aromatic heterocycles. The van der Waals surface area contributed by atoms with Crippen molar-refractivity contribution in [1.29, 1.82) is 0 Å². The van der Waals surface area contributed by atoms with E-state index in [9.17, 15) is 4.79 Å². The lowest BCUT2D eigenvalue weighted by Gasteiger charge is -2.27. The van der Waals surface area contributed by atoms with Crippen LogP contribution in [0, 0.1) is 0 Å². The Bertz CT molecular complexity index is 408. The van der Waals surface area contributed by atoms with E-state index >= 15 is 0 Å². The minimum atomic E-state index is -0.201. The third-order valence-corrected chi connectivity index (χ3v) is 3.43. The number of nitrogens with zero attached hydrogens (tertiary/aromatic N) is 1. The Morgan fingerprint density at radius 1 is 1.39 bits per heavy atom. The molecule has 0 amide bonds. The van der Waals surface area contributed by atoms with Crippen LogP contribution in [0.1, 0.15) is 20.8 Å². The molecule has 1 heterocycles. The smallest absolute Gasteiger partial charge is 0.320 e. The molecule has 0 aromatic carbocycles. The fourth-order valence-corrected chi connectivity index (χ4v) is 2.21. The van der Waals surface area contributed by atoms with E-state index in [4.69, 9.17) is 18.9 Å². The fraction of sp³-hybridized carbons (Fsp3) is 0.706. The molecule has 1 aliphatic rings. The van der Waals surface area contributed by atoms with Gasteiger partial charge in [-0.2, -0.15) is 0 Å². The van der Waals surface area contributed by atoms with Gasteiger partial charge in [-0.3, -0.25) is 9.69 Å². The third kappa shape index (κ3) is 8.27. The average Bonchev–Trinajstić information content (AvgIpc) is 2.52. The van der Waals surface area contributed by atoms with Gasteiger partial charge >= 0.3 is 5.97 Å². The summed E-state index contributed by atoms with van der Waals surface area (Å²) in [5, 5.41) is 0. The third-order valence-electron chi connectivity index (χ3n) is 3.43. The predicted octanol–water partition coefficient (Wildman–Crippen LogP) is 1.76. The molecule has 0 saturated carbocycles. The van der Waals surface area contributed by atoms with E-state index in [0.29, 0.717) is 33.1 Å². The van der Waals surface area contributed by atoms with E-state index in [2.05, 4.69) is 0 Å². The quantitative estimate of drug-likeness (QED) is 0.450. The van der Waals surface area contributed by atoms with Gasteiger partial charge in [0.2, 0.25) is 0 Å². The molecule has 1 aliphatic heterocycles. The Kier molecular flexibility index (Phi) is 9.78. The Morgan fingerprint density at radius 3 is 2.83 bits per heavy atom. The van der Waals surface area contributed by atoms with Crippen molar-refractivity contribution in [1.82, 2.24) is 4.90 Å². The highest BCUT2D eigenvalue weighted by molar-refractivity contribution is 5.72. The first kappa shape index (κ1) is 19.8. The van der Waals surface area contributed by atoms with Gasteiger partial charge in [0.1, 0.15) is 13.3 Å². The lowest BCUT2D eigenvalue weighted by atomic mass is 10.1. The number of hydrogen-bond acceptors (Lipinski definition) is 6. The van der Waals surface area contributed by atoms with Gasteiger partial charge in [0.25, 0.3) is 0 Å². The minimum absolute atomic E-state index is 0.0122. The van der Waals surface area contributed by atoms with Gasteiger partial charge in [-0.25, -0.2) is 0 Å². The molecule has 6 heteroatoms. The molecule has 1 fully saturated rings. The van der Waals surface area contributed by atoms with E-state index < -0.39 is 0 Å². The Hall–Kier alpha value is -1.21. The first-order valence-corrected chi connectivity index (χ1v) is 8.05. The minimum Gasteiger partial charge on any atom is -0.463 e. The Balaban J connectivity index is 2.58. The highest BCUT2D eigenvalue weighted by Crippen LogP contribution is 2.12. The maximum Gasteiger partial charge on any atom is 0.320 e. The van der Waals surface area contributed by atoms with Crippen molar-refractivity contribution in [2.75, 3.05) is 46.8 Å². The summed E-state index contributed by atoms with van der Waals surface area (Å²) in [6.45, 7) is 8.98. The van der Waals surface area contributed by atoms with Gasteiger partial charge in [-0.15, -0.1) is 0 Å². The topological polar surface area (TPSA) is 57.2 Å². The van der Waals surface area contributed by atoms with Crippen LogP contribution in [-0.4, -0.2) is 69.8 Å². The molecule has 1 unspecified atom stereocenters. The molecular formula is C17H29NO5. The van der Waals surface area contributed by atoms with Crippen LogP contribution in [0.25, 0.3) is 0 Å². The van der Waals surface area contributed by atoms with Crippen molar-refractivity contribution in [3.63, 3.8) is 0 Å². The van der Waals surface area contributed by atoms with E-state index in [-0.39, 0.29) is 24.7 Å². The van der Waals surface area contributed by atoms with Gasteiger partial charge in [0.05, 0.1) is 25.4 Å². The maximum atomic E-state index is 11.3. The SMILES string of the molecule is CCOC(C)/C=C(\C=C/COC)[C@H](C)OCN1CCOC(=O)C1. The van der Waals surface area contributed by atoms with Crippen LogP contribution in [0.4, 0.5) is 0 Å². The van der Waals surface area contributed by atoms with Crippen molar-refractivity contribution in [3.8, 4) is 0 Å². The lowest BCUT2D eigenvalue weighted by molar-refractivity contribution is -0.154. The molecule has 6 nitrogen and oxygen atoms in total. The van der Waals surface area contributed by atoms with Crippen molar-refractivity contribution >= 4 is 5.97 Å². The first-order valence-electron chi connectivity index (χ1n) is 8.05. The van der Waals surface area contributed by atoms with Crippen LogP contribution in [0.2, 0.25) is 0 Å². The molecule has 23 heavy (non-hydrogen) atoms. The van der Waals surface area contributed by atoms with E-state index in [1.807, 2.05) is 43.9 Å². The van der Waals surface area contributed by atoms with E-state index in [1.54, 1.807) is 7.11 Å². The van der Waals surface area contributed by atoms with Crippen LogP contribution in [-0.2, 0) is 23.7 Å². The van der Waals surface area contributed by atoms with Crippen molar-refractivity contribution in [2.24, 2.45) is 0 Å². The number of esters is 1. The summed E-state index contributed by atoms with van der Waals surface area (Å²) >= 11 is 0. The standard InChI is InChI=1S/C17H29NO5/c1-5-21-14(2)11-16(7-6-9-20-4)15(3)23-13-18-8-10-22-17(19)12-18/h6-7,11,14-15H,5,8-10,12-13H2,1-4H3/b7-6-,16-11+/t14?,15-/m0/s1. The number of cyclic esters (lactones) is 1. The Morgan fingerprint density at radius 2 is 2.17 bits per heavy atom. The molecule has 2 atom stereocenters. The zero-order chi connectivity index (χ0) is 17.1. The summed E-state index contributed by atoms with van der Waals surface area (Å²) in [6.07, 6.45) is 5.89. The second kappa shape index (κ2) is 11.3. The van der Waals surface area contributed by atoms with Crippen LogP contribution in [0.15, 0.2) is 23.8 Å². The highest BCUT2D eigenvalue weighted by atomic mass is 16.5. The number of carbonyl (C=O) groups is 1. The van der Waals surface area contributed by atoms with Gasteiger partial charge in [0.15, 0.2) is 0 Å². The maximum absolute atomic E-state index is 11.3. The van der Waals surface area contributed by atoms with Crippen LogP contribution in [0.3, 0.4) is 0 Å². The van der Waals surface area contributed by atoms with Gasteiger partial charge in [-0.05, 0) is 26.3 Å². The fourth-order valence-electron chi connectivity index (χ4n) is 2.21. The molecule has 1 rings (SSSR count). The van der Waals surface area contributed by atoms with Crippen LogP contribution >= 0.6 is 0 Å². The lowest BCUT2D eigenvalue weighted by Crippen LogP contribution is -2.41. The normalized spacial score (nSPS) is 19.8. The molecule has 0 radical (unpaired) electrons. The number of methoxy groups -OCH3 is 1. The number of rotatable bonds is 10. The average molecular weight is 327 g/mol. The van der Waals surface area contributed by atoms with Crippen molar-refractivity contribution < 1.29 is 23.7 Å². The predicted molar refractivity (Wildman–Crippen MR) is 88.1 cm³/mol.